The molecule has 3 aromatic rings. The summed E-state index contributed by atoms with van der Waals surface area (Å²) in [7, 11) is 0. The van der Waals surface area contributed by atoms with Crippen LogP contribution in [0.1, 0.15) is 17.5 Å². The lowest BCUT2D eigenvalue weighted by Crippen LogP contribution is -2.24. The number of aliphatic carboxylic acids is 1. The molecular weight excluding hydrogens is 472 g/mol. The molecule has 3 aromatic carbocycles. The molecule has 0 bridgehead atoms. The Morgan fingerprint density at radius 3 is 2.49 bits per heavy atom. The van der Waals surface area contributed by atoms with E-state index in [-0.39, 0.29) is 17.0 Å². The van der Waals surface area contributed by atoms with Gasteiger partial charge in [0.25, 0.3) is 11.6 Å². The number of anilines is 3. The summed E-state index contributed by atoms with van der Waals surface area (Å²) in [5.41, 5.74) is 4.23. The van der Waals surface area contributed by atoms with E-state index >= 15 is 0 Å². The predicted molar refractivity (Wildman–Crippen MR) is 141 cm³/mol. The number of carbonyl (C=O) groups excluding carboxylic acids is 1. The third kappa shape index (κ3) is 4.74. The highest BCUT2D eigenvalue weighted by molar-refractivity contribution is 6.52. The summed E-state index contributed by atoms with van der Waals surface area (Å²) in [6.45, 7) is 0.809. The van der Waals surface area contributed by atoms with Gasteiger partial charge in [0.1, 0.15) is 0 Å². The van der Waals surface area contributed by atoms with Crippen molar-refractivity contribution < 1.29 is 19.6 Å². The minimum absolute atomic E-state index is 0.00918. The first kappa shape index (κ1) is 23.7. The number of carboxylic acids is 1. The lowest BCUT2D eigenvalue weighted by Gasteiger charge is -2.31. The van der Waals surface area contributed by atoms with Crippen LogP contribution in [0.2, 0.25) is 0 Å². The Morgan fingerprint density at radius 2 is 1.78 bits per heavy atom. The number of aryl methyl sites for hydroxylation is 1. The van der Waals surface area contributed by atoms with Crippen LogP contribution in [0.15, 0.2) is 95.6 Å². The Bertz CT molecular complexity index is 1480. The normalized spacial score (nSPS) is 16.3. The highest BCUT2D eigenvalue weighted by atomic mass is 16.6. The van der Waals surface area contributed by atoms with Crippen LogP contribution in [0.25, 0.3) is 6.08 Å². The van der Waals surface area contributed by atoms with E-state index in [4.69, 9.17) is 0 Å². The topological polar surface area (TPSA) is 116 Å². The van der Waals surface area contributed by atoms with Gasteiger partial charge in [-0.3, -0.25) is 14.9 Å². The maximum Gasteiger partial charge on any atom is 0.357 e. The molecular formula is C28H22N4O5. The molecule has 0 fully saturated rings. The van der Waals surface area contributed by atoms with Crippen molar-refractivity contribution in [2.75, 3.05) is 16.5 Å². The van der Waals surface area contributed by atoms with Crippen molar-refractivity contribution in [2.24, 2.45) is 5.10 Å². The van der Waals surface area contributed by atoms with Crippen molar-refractivity contribution in [3.63, 3.8) is 0 Å². The van der Waals surface area contributed by atoms with Crippen LogP contribution in [-0.2, 0) is 16.0 Å². The fourth-order valence-electron chi connectivity index (χ4n) is 4.47. The van der Waals surface area contributed by atoms with Crippen molar-refractivity contribution in [3.8, 4) is 0 Å². The van der Waals surface area contributed by atoms with Crippen molar-refractivity contribution in [1.29, 1.82) is 0 Å². The standard InChI is InChI=1S/C28H22N4O5/c33-27-24(26(28(34)35)29-31(27)22-8-2-1-3-9-22)10-4-6-19-11-16-25-20(18-19)7-5-17-30(25)21-12-14-23(15-13-21)32(36)37/h1-4,6,8-16,18H,5,7,17H2,(H,34,35)/b6-4+,24-10-. The van der Waals surface area contributed by atoms with Gasteiger partial charge in [-0.05, 0) is 66.4 Å². The smallest absolute Gasteiger partial charge is 0.357 e. The van der Waals surface area contributed by atoms with Gasteiger partial charge in [-0.15, -0.1) is 0 Å². The average molecular weight is 495 g/mol. The molecule has 2 aliphatic rings. The second kappa shape index (κ2) is 9.90. The lowest BCUT2D eigenvalue weighted by molar-refractivity contribution is -0.384. The number of nitro benzene ring substituents is 1. The largest absolute Gasteiger partial charge is 0.476 e. The van der Waals surface area contributed by atoms with Crippen LogP contribution in [0.4, 0.5) is 22.7 Å². The molecule has 0 aromatic heterocycles. The zero-order chi connectivity index (χ0) is 25.9. The molecule has 0 radical (unpaired) electrons. The van der Waals surface area contributed by atoms with E-state index in [0.29, 0.717) is 5.69 Å². The molecule has 184 valence electrons. The van der Waals surface area contributed by atoms with Gasteiger partial charge < -0.3 is 10.0 Å². The molecule has 0 unspecified atom stereocenters. The average Bonchev–Trinajstić information content (AvgIpc) is 3.25. The van der Waals surface area contributed by atoms with E-state index in [0.717, 1.165) is 46.9 Å². The first-order valence-corrected chi connectivity index (χ1v) is 11.7. The molecule has 5 rings (SSSR count). The molecule has 0 atom stereocenters. The maximum absolute atomic E-state index is 12.9. The summed E-state index contributed by atoms with van der Waals surface area (Å²) in [6, 6.07) is 21.2. The monoisotopic (exact) mass is 494 g/mol. The quantitative estimate of drug-likeness (QED) is 0.289. The molecule has 9 heteroatoms. The van der Waals surface area contributed by atoms with Gasteiger partial charge in [-0.1, -0.05) is 36.4 Å². The van der Waals surface area contributed by atoms with Gasteiger partial charge in [0.15, 0.2) is 5.71 Å². The van der Waals surface area contributed by atoms with Gasteiger partial charge in [0.2, 0.25) is 0 Å². The first-order valence-electron chi connectivity index (χ1n) is 11.7. The number of nitro groups is 1. The molecule has 1 N–H and O–H groups in total. The van der Waals surface area contributed by atoms with Gasteiger partial charge in [0, 0.05) is 30.1 Å². The summed E-state index contributed by atoms with van der Waals surface area (Å²) < 4.78 is 0. The van der Waals surface area contributed by atoms with Gasteiger partial charge in [-0.25, -0.2) is 4.79 Å². The molecule has 9 nitrogen and oxygen atoms in total. The van der Waals surface area contributed by atoms with E-state index in [1.807, 2.05) is 18.2 Å². The Balaban J connectivity index is 1.37. The number of non-ortho nitro benzene ring substituents is 1. The van der Waals surface area contributed by atoms with Crippen LogP contribution < -0.4 is 9.91 Å². The van der Waals surface area contributed by atoms with E-state index in [1.165, 1.54) is 18.2 Å². The number of amides is 1. The number of hydrogen-bond acceptors (Lipinski definition) is 6. The highest BCUT2D eigenvalue weighted by Crippen LogP contribution is 2.35. The van der Waals surface area contributed by atoms with E-state index in [2.05, 4.69) is 16.1 Å². The summed E-state index contributed by atoms with van der Waals surface area (Å²) in [5, 5.41) is 25.6. The zero-order valence-corrected chi connectivity index (χ0v) is 19.7. The molecule has 0 spiro atoms. The van der Waals surface area contributed by atoms with E-state index in [9.17, 15) is 24.8 Å². The molecule has 2 heterocycles. The number of benzene rings is 3. The number of carboxylic acid groups (broad SMARTS) is 1. The van der Waals surface area contributed by atoms with Crippen molar-refractivity contribution in [2.45, 2.75) is 12.8 Å². The van der Waals surface area contributed by atoms with Gasteiger partial charge in [-0.2, -0.15) is 10.1 Å². The lowest BCUT2D eigenvalue weighted by atomic mass is 9.98. The van der Waals surface area contributed by atoms with Gasteiger partial charge >= 0.3 is 5.97 Å². The number of nitrogens with zero attached hydrogens (tertiary/aromatic N) is 4. The molecule has 0 saturated heterocycles. The second-order valence-electron chi connectivity index (χ2n) is 8.56. The van der Waals surface area contributed by atoms with E-state index < -0.39 is 16.8 Å². The number of allylic oxidation sites excluding steroid dienone is 2. The fraction of sp³-hybridized carbons (Fsp3) is 0.107. The van der Waals surface area contributed by atoms with Gasteiger partial charge in [0.05, 0.1) is 16.2 Å². The Kier molecular flexibility index (Phi) is 6.34. The number of rotatable bonds is 6. The molecule has 0 saturated carbocycles. The van der Waals surface area contributed by atoms with Crippen LogP contribution in [0.3, 0.4) is 0 Å². The fourth-order valence-corrected chi connectivity index (χ4v) is 4.47. The summed E-state index contributed by atoms with van der Waals surface area (Å²) >= 11 is 0. The summed E-state index contributed by atoms with van der Waals surface area (Å²) in [5.74, 6) is -1.77. The number of hydrazone groups is 1. The third-order valence-corrected chi connectivity index (χ3v) is 6.23. The Labute approximate surface area is 212 Å². The molecule has 0 aliphatic carbocycles. The summed E-state index contributed by atoms with van der Waals surface area (Å²) in [4.78, 5) is 37.3. The Morgan fingerprint density at radius 1 is 1.03 bits per heavy atom. The first-order chi connectivity index (χ1) is 17.9. The van der Waals surface area contributed by atoms with Crippen LogP contribution >= 0.6 is 0 Å². The molecule has 1 amide bonds. The second-order valence-corrected chi connectivity index (χ2v) is 8.56. The number of para-hydroxylation sites is 1. The van der Waals surface area contributed by atoms with E-state index in [1.54, 1.807) is 48.5 Å². The number of hydrogen-bond donors (Lipinski definition) is 1. The summed E-state index contributed by atoms with van der Waals surface area (Å²) in [6.07, 6.45) is 6.76. The van der Waals surface area contributed by atoms with Crippen LogP contribution in [0.5, 0.6) is 0 Å². The third-order valence-electron chi connectivity index (χ3n) is 6.23. The zero-order valence-electron chi connectivity index (χ0n) is 19.7. The highest BCUT2D eigenvalue weighted by Gasteiger charge is 2.34. The maximum atomic E-state index is 12.9. The predicted octanol–water partition coefficient (Wildman–Crippen LogP) is 5.11. The van der Waals surface area contributed by atoms with Crippen LogP contribution in [-0.4, -0.2) is 34.2 Å². The van der Waals surface area contributed by atoms with Crippen molar-refractivity contribution in [3.05, 3.63) is 112 Å². The molecule has 2 aliphatic heterocycles. The van der Waals surface area contributed by atoms with Crippen molar-refractivity contribution in [1.82, 2.24) is 0 Å². The number of carbonyl (C=O) groups is 2. The number of fused-ring (bicyclic) bond motifs is 1. The minimum atomic E-state index is -1.27. The van der Waals surface area contributed by atoms with Crippen molar-refractivity contribution >= 4 is 46.4 Å². The SMILES string of the molecule is O=C(O)C1=NN(c2ccccc2)C(=O)/C1=C\C=C\c1ccc2c(c1)CCCN2c1ccc([N+](=O)[O-])cc1. The van der Waals surface area contributed by atoms with Crippen LogP contribution in [0, 0.1) is 10.1 Å². The Hall–Kier alpha value is -5.05. The molecule has 37 heavy (non-hydrogen) atoms. The minimum Gasteiger partial charge on any atom is -0.476 e.